The van der Waals surface area contributed by atoms with Crippen molar-refractivity contribution in [2.75, 3.05) is 18.0 Å². The second kappa shape index (κ2) is 7.35. The van der Waals surface area contributed by atoms with Crippen molar-refractivity contribution in [2.45, 2.75) is 38.5 Å². The Hall–Kier alpha value is -3.15. The number of anilines is 1. The molecule has 0 amide bonds. The van der Waals surface area contributed by atoms with Crippen LogP contribution in [0.4, 0.5) is 5.69 Å². The van der Waals surface area contributed by atoms with E-state index in [2.05, 4.69) is 29.8 Å². The Morgan fingerprint density at radius 1 is 1.24 bits per heavy atom. The van der Waals surface area contributed by atoms with E-state index in [-0.39, 0.29) is 17.5 Å². The van der Waals surface area contributed by atoms with E-state index >= 15 is 0 Å². The van der Waals surface area contributed by atoms with Crippen LogP contribution in [0.2, 0.25) is 0 Å². The molecule has 0 spiro atoms. The number of nitrogens with zero attached hydrogens (tertiary/aromatic N) is 2. The summed E-state index contributed by atoms with van der Waals surface area (Å²) in [4.78, 5) is 29.7. The molecule has 0 aliphatic carbocycles. The van der Waals surface area contributed by atoms with E-state index in [1.807, 2.05) is 12.1 Å². The first-order valence-corrected chi connectivity index (χ1v) is 9.85. The standard InChI is InChI=1S/C23H24N2O4/c1-23(2)7-11-25(10-3-4-21(26)27)19-14-20-16(13-18(19)23)12-17(22(28)29-20)15-5-8-24-9-6-15/h5-6,8-9,12-14H,3-4,7,10-11H2,1-2H3,(H,26,27). The second-order valence-corrected chi connectivity index (χ2v) is 8.21. The molecule has 6 nitrogen and oxygen atoms in total. The highest BCUT2D eigenvalue weighted by Gasteiger charge is 2.32. The van der Waals surface area contributed by atoms with E-state index in [0.717, 1.165) is 29.6 Å². The van der Waals surface area contributed by atoms with Gasteiger partial charge in [-0.2, -0.15) is 0 Å². The molecule has 0 saturated carbocycles. The molecular formula is C23H24N2O4. The summed E-state index contributed by atoms with van der Waals surface area (Å²) >= 11 is 0. The van der Waals surface area contributed by atoms with Crippen LogP contribution in [0, 0.1) is 0 Å². The zero-order valence-electron chi connectivity index (χ0n) is 16.6. The Morgan fingerprint density at radius 2 is 2.00 bits per heavy atom. The molecule has 6 heteroatoms. The molecule has 0 radical (unpaired) electrons. The van der Waals surface area contributed by atoms with Crippen molar-refractivity contribution in [2.24, 2.45) is 0 Å². The smallest absolute Gasteiger partial charge is 0.344 e. The number of carboxylic acid groups (broad SMARTS) is 1. The zero-order valence-corrected chi connectivity index (χ0v) is 16.6. The summed E-state index contributed by atoms with van der Waals surface area (Å²) in [5.41, 5.74) is 3.68. The SMILES string of the molecule is CC1(C)CCN(CCCC(=O)O)c2cc3oc(=O)c(-c4ccncc4)cc3cc21. The Bertz CT molecular complexity index is 1120. The Labute approximate surface area is 168 Å². The lowest BCUT2D eigenvalue weighted by Gasteiger charge is -2.40. The highest BCUT2D eigenvalue weighted by atomic mass is 16.4. The molecule has 2 aromatic heterocycles. The predicted molar refractivity (Wildman–Crippen MR) is 112 cm³/mol. The number of pyridine rings is 1. The van der Waals surface area contributed by atoms with Crippen LogP contribution in [0.25, 0.3) is 22.1 Å². The molecule has 0 bridgehead atoms. The zero-order chi connectivity index (χ0) is 20.6. The van der Waals surface area contributed by atoms with Crippen LogP contribution < -0.4 is 10.5 Å². The molecule has 1 aliphatic rings. The lowest BCUT2D eigenvalue weighted by atomic mass is 9.77. The minimum absolute atomic E-state index is 0.0141. The van der Waals surface area contributed by atoms with Gasteiger partial charge in [-0.05, 0) is 53.6 Å². The van der Waals surface area contributed by atoms with Gasteiger partial charge < -0.3 is 14.4 Å². The number of aromatic nitrogens is 1. The van der Waals surface area contributed by atoms with Gasteiger partial charge in [0.1, 0.15) is 5.58 Å². The quantitative estimate of drug-likeness (QED) is 0.655. The molecule has 0 atom stereocenters. The maximum atomic E-state index is 12.6. The van der Waals surface area contributed by atoms with Gasteiger partial charge in [0, 0.05) is 49.0 Å². The molecule has 1 aromatic carbocycles. The minimum Gasteiger partial charge on any atom is -0.481 e. The van der Waals surface area contributed by atoms with Crippen molar-refractivity contribution < 1.29 is 14.3 Å². The summed E-state index contributed by atoms with van der Waals surface area (Å²) in [5, 5.41) is 9.83. The molecule has 1 N–H and O–H groups in total. The second-order valence-electron chi connectivity index (χ2n) is 8.21. The topological polar surface area (TPSA) is 83.6 Å². The maximum Gasteiger partial charge on any atom is 0.344 e. The van der Waals surface area contributed by atoms with Gasteiger partial charge >= 0.3 is 11.6 Å². The highest BCUT2D eigenvalue weighted by molar-refractivity contribution is 5.87. The molecule has 150 valence electrons. The Kier molecular flexibility index (Phi) is 4.86. The molecular weight excluding hydrogens is 368 g/mol. The summed E-state index contributed by atoms with van der Waals surface area (Å²) in [6.45, 7) is 5.95. The molecule has 3 heterocycles. The summed E-state index contributed by atoms with van der Waals surface area (Å²) in [5.74, 6) is -0.782. The average Bonchev–Trinajstić information content (AvgIpc) is 2.69. The molecule has 0 unspecified atom stereocenters. The summed E-state index contributed by atoms with van der Waals surface area (Å²) < 4.78 is 5.68. The number of carbonyl (C=O) groups is 1. The van der Waals surface area contributed by atoms with Gasteiger partial charge in [-0.1, -0.05) is 13.8 Å². The van der Waals surface area contributed by atoms with Gasteiger partial charge in [-0.3, -0.25) is 9.78 Å². The van der Waals surface area contributed by atoms with Crippen molar-refractivity contribution in [1.82, 2.24) is 4.98 Å². The number of hydrogen-bond acceptors (Lipinski definition) is 5. The van der Waals surface area contributed by atoms with Gasteiger partial charge in [0.15, 0.2) is 0 Å². The fourth-order valence-corrected chi connectivity index (χ4v) is 4.02. The predicted octanol–water partition coefficient (Wildman–Crippen LogP) is 4.21. The number of carboxylic acids is 1. The van der Waals surface area contributed by atoms with E-state index in [4.69, 9.17) is 9.52 Å². The average molecular weight is 392 g/mol. The van der Waals surface area contributed by atoms with Gasteiger partial charge in [0.2, 0.25) is 0 Å². The Balaban J connectivity index is 1.80. The van der Waals surface area contributed by atoms with E-state index in [1.165, 1.54) is 5.56 Å². The van der Waals surface area contributed by atoms with Crippen LogP contribution >= 0.6 is 0 Å². The third-order valence-corrected chi connectivity index (χ3v) is 5.74. The summed E-state index contributed by atoms with van der Waals surface area (Å²) in [6.07, 6.45) is 5.02. The molecule has 0 saturated heterocycles. The monoisotopic (exact) mass is 392 g/mol. The summed E-state index contributed by atoms with van der Waals surface area (Å²) in [7, 11) is 0. The van der Waals surface area contributed by atoms with Crippen LogP contribution in [-0.4, -0.2) is 29.1 Å². The fraction of sp³-hybridized carbons (Fsp3) is 0.348. The number of hydrogen-bond donors (Lipinski definition) is 1. The van der Waals surface area contributed by atoms with E-state index in [0.29, 0.717) is 24.1 Å². The molecule has 1 aliphatic heterocycles. The van der Waals surface area contributed by atoms with Crippen molar-refractivity contribution in [3.8, 4) is 11.1 Å². The first kappa shape index (κ1) is 19.2. The van der Waals surface area contributed by atoms with Crippen molar-refractivity contribution >= 4 is 22.6 Å². The number of fused-ring (bicyclic) bond motifs is 2. The third-order valence-electron chi connectivity index (χ3n) is 5.74. The molecule has 4 rings (SSSR count). The molecule has 29 heavy (non-hydrogen) atoms. The van der Waals surface area contributed by atoms with Crippen LogP contribution in [0.3, 0.4) is 0 Å². The van der Waals surface area contributed by atoms with Gasteiger partial charge in [-0.15, -0.1) is 0 Å². The number of benzene rings is 1. The van der Waals surface area contributed by atoms with Gasteiger partial charge in [-0.25, -0.2) is 4.79 Å². The summed E-state index contributed by atoms with van der Waals surface area (Å²) in [6, 6.07) is 9.52. The lowest BCUT2D eigenvalue weighted by molar-refractivity contribution is -0.137. The van der Waals surface area contributed by atoms with Crippen LogP contribution in [-0.2, 0) is 10.2 Å². The molecule has 3 aromatic rings. The number of aliphatic carboxylic acids is 1. The van der Waals surface area contributed by atoms with Crippen molar-refractivity contribution in [3.05, 3.63) is 58.7 Å². The normalized spacial score (nSPS) is 15.3. The van der Waals surface area contributed by atoms with E-state index < -0.39 is 5.97 Å². The largest absolute Gasteiger partial charge is 0.481 e. The van der Waals surface area contributed by atoms with Crippen LogP contribution in [0.15, 0.2) is 51.9 Å². The van der Waals surface area contributed by atoms with E-state index in [9.17, 15) is 9.59 Å². The maximum absolute atomic E-state index is 12.6. The van der Waals surface area contributed by atoms with Crippen LogP contribution in [0.5, 0.6) is 0 Å². The lowest BCUT2D eigenvalue weighted by Crippen LogP contribution is -2.38. The van der Waals surface area contributed by atoms with E-state index in [1.54, 1.807) is 24.5 Å². The number of rotatable bonds is 5. The van der Waals surface area contributed by atoms with Crippen molar-refractivity contribution in [1.29, 1.82) is 0 Å². The first-order valence-electron chi connectivity index (χ1n) is 9.85. The minimum atomic E-state index is -0.782. The highest BCUT2D eigenvalue weighted by Crippen LogP contribution is 2.42. The van der Waals surface area contributed by atoms with Crippen LogP contribution in [0.1, 0.15) is 38.7 Å². The van der Waals surface area contributed by atoms with Gasteiger partial charge in [0.05, 0.1) is 5.56 Å². The Morgan fingerprint density at radius 3 is 2.72 bits per heavy atom. The fourth-order valence-electron chi connectivity index (χ4n) is 4.02. The van der Waals surface area contributed by atoms with Gasteiger partial charge in [0.25, 0.3) is 0 Å². The third kappa shape index (κ3) is 3.75. The molecule has 0 fully saturated rings. The first-order chi connectivity index (χ1) is 13.8. The van der Waals surface area contributed by atoms with Crippen molar-refractivity contribution in [3.63, 3.8) is 0 Å².